The van der Waals surface area contributed by atoms with Gasteiger partial charge in [-0.05, 0) is 18.3 Å². The van der Waals surface area contributed by atoms with E-state index in [1.165, 1.54) is 18.0 Å². The van der Waals surface area contributed by atoms with Gasteiger partial charge in [0.15, 0.2) is 5.11 Å². The normalized spacial score (nSPS) is 9.67. The van der Waals surface area contributed by atoms with Gasteiger partial charge in [-0.25, -0.2) is 5.84 Å². The molecule has 96 valence electrons. The number of nitrogens with two attached hydrogens (primary N) is 1. The van der Waals surface area contributed by atoms with Crippen molar-refractivity contribution in [2.24, 2.45) is 5.84 Å². The summed E-state index contributed by atoms with van der Waals surface area (Å²) in [6, 6.07) is 3.25. The number of hydrogen-bond acceptors (Lipinski definition) is 6. The zero-order chi connectivity index (χ0) is 13.9. The Hall–Kier alpha value is -2.33. The second-order valence-electron chi connectivity index (χ2n) is 3.20. The Kier molecular flexibility index (Phi) is 4.07. The highest BCUT2D eigenvalue weighted by atomic mass is 32.1. The van der Waals surface area contributed by atoms with Crippen LogP contribution in [0, 0.1) is 20.2 Å². The predicted octanol–water partition coefficient (Wildman–Crippen LogP) is 0.687. The van der Waals surface area contributed by atoms with Crippen LogP contribution in [0.2, 0.25) is 0 Å². The molecule has 0 amide bonds. The third-order valence-corrected chi connectivity index (χ3v) is 2.55. The molecule has 0 aliphatic rings. The van der Waals surface area contributed by atoms with E-state index in [9.17, 15) is 20.2 Å². The number of rotatable bonds is 3. The van der Waals surface area contributed by atoms with E-state index in [1.54, 1.807) is 0 Å². The van der Waals surface area contributed by atoms with E-state index < -0.39 is 15.5 Å². The molecule has 1 rings (SSSR count). The van der Waals surface area contributed by atoms with Crippen LogP contribution in [-0.4, -0.2) is 22.0 Å². The molecule has 0 aromatic heterocycles. The zero-order valence-corrected chi connectivity index (χ0v) is 10.0. The minimum Gasteiger partial charge on any atom is -0.315 e. The first kappa shape index (κ1) is 13.7. The van der Waals surface area contributed by atoms with Gasteiger partial charge in [0.25, 0.3) is 11.4 Å². The molecule has 0 bridgehead atoms. The monoisotopic (exact) mass is 271 g/mol. The molecule has 0 aliphatic carbocycles. The lowest BCUT2D eigenvalue weighted by Gasteiger charge is -2.18. The number of non-ortho nitro benzene ring substituents is 1. The fourth-order valence-corrected chi connectivity index (χ4v) is 1.36. The Morgan fingerprint density at radius 3 is 2.44 bits per heavy atom. The van der Waals surface area contributed by atoms with E-state index in [4.69, 9.17) is 18.1 Å². The zero-order valence-electron chi connectivity index (χ0n) is 9.19. The van der Waals surface area contributed by atoms with Crippen LogP contribution in [0.1, 0.15) is 0 Å². The summed E-state index contributed by atoms with van der Waals surface area (Å²) in [5, 5.41) is 21.5. The van der Waals surface area contributed by atoms with Crippen LogP contribution in [0.3, 0.4) is 0 Å². The van der Waals surface area contributed by atoms with Gasteiger partial charge >= 0.3 is 0 Å². The Morgan fingerprint density at radius 1 is 1.39 bits per heavy atom. The number of nitrogens with zero attached hydrogens (tertiary/aromatic N) is 3. The first-order valence-electron chi connectivity index (χ1n) is 4.55. The molecule has 0 heterocycles. The fourth-order valence-electron chi connectivity index (χ4n) is 1.26. The van der Waals surface area contributed by atoms with Crippen molar-refractivity contribution in [3.63, 3.8) is 0 Å². The van der Waals surface area contributed by atoms with Crippen molar-refractivity contribution >= 4 is 34.4 Å². The summed E-state index contributed by atoms with van der Waals surface area (Å²) in [6.45, 7) is 0. The van der Waals surface area contributed by atoms with Crippen molar-refractivity contribution in [1.82, 2.24) is 5.43 Å². The molecular formula is C8H9N5O4S. The lowest BCUT2D eigenvalue weighted by molar-refractivity contribution is -0.393. The van der Waals surface area contributed by atoms with Crippen molar-refractivity contribution in [2.45, 2.75) is 0 Å². The second-order valence-corrected chi connectivity index (χ2v) is 3.58. The summed E-state index contributed by atoms with van der Waals surface area (Å²) in [4.78, 5) is 21.2. The lowest BCUT2D eigenvalue weighted by Crippen LogP contribution is -2.41. The van der Waals surface area contributed by atoms with Crippen molar-refractivity contribution in [2.75, 3.05) is 11.9 Å². The third kappa shape index (κ3) is 2.67. The molecule has 0 unspecified atom stereocenters. The topological polar surface area (TPSA) is 128 Å². The smallest absolute Gasteiger partial charge is 0.299 e. The number of thiocarbonyl (C=S) groups is 1. The first-order valence-corrected chi connectivity index (χ1v) is 4.96. The van der Waals surface area contributed by atoms with E-state index in [1.807, 2.05) is 0 Å². The summed E-state index contributed by atoms with van der Waals surface area (Å²) in [6.07, 6.45) is 0. The van der Waals surface area contributed by atoms with Crippen LogP contribution < -0.4 is 16.2 Å². The maximum absolute atomic E-state index is 10.9. The number of nitro groups is 2. The van der Waals surface area contributed by atoms with Gasteiger partial charge in [0.2, 0.25) is 0 Å². The highest BCUT2D eigenvalue weighted by molar-refractivity contribution is 7.80. The largest absolute Gasteiger partial charge is 0.315 e. The molecule has 0 atom stereocenters. The van der Waals surface area contributed by atoms with Crippen LogP contribution in [-0.2, 0) is 0 Å². The molecule has 9 nitrogen and oxygen atoms in total. The van der Waals surface area contributed by atoms with Crippen molar-refractivity contribution in [3.05, 3.63) is 38.4 Å². The molecule has 1 aromatic carbocycles. The van der Waals surface area contributed by atoms with Gasteiger partial charge in [0.05, 0.1) is 15.9 Å². The van der Waals surface area contributed by atoms with Crippen LogP contribution in [0.5, 0.6) is 0 Å². The number of nitrogens with one attached hydrogen (secondary N) is 1. The van der Waals surface area contributed by atoms with Gasteiger partial charge < -0.3 is 10.3 Å². The summed E-state index contributed by atoms with van der Waals surface area (Å²) in [7, 11) is 1.45. The molecule has 10 heteroatoms. The molecular weight excluding hydrogens is 262 g/mol. The van der Waals surface area contributed by atoms with E-state index in [0.29, 0.717) is 0 Å². The average Bonchev–Trinajstić information content (AvgIpc) is 2.35. The number of anilines is 1. The van der Waals surface area contributed by atoms with Crippen molar-refractivity contribution in [3.8, 4) is 0 Å². The Morgan fingerprint density at radius 2 is 2.00 bits per heavy atom. The Balaban J connectivity index is 3.32. The van der Waals surface area contributed by atoms with Crippen LogP contribution in [0.25, 0.3) is 0 Å². The second kappa shape index (κ2) is 5.33. The Bertz CT molecular complexity index is 520. The molecule has 0 fully saturated rings. The van der Waals surface area contributed by atoms with Crippen molar-refractivity contribution < 1.29 is 9.85 Å². The predicted molar refractivity (Wildman–Crippen MR) is 68.1 cm³/mol. The van der Waals surface area contributed by atoms with E-state index in [-0.39, 0.29) is 16.5 Å². The standard InChI is InChI=1S/C8H9N5O4S/c1-11(8(18)10-9)6-3-2-5(12(14)15)4-7(6)13(16)17/h2-4H,9H2,1H3,(H,10,18). The fraction of sp³-hybridized carbons (Fsp3) is 0.125. The molecule has 0 spiro atoms. The highest BCUT2D eigenvalue weighted by Crippen LogP contribution is 2.31. The van der Waals surface area contributed by atoms with Crippen molar-refractivity contribution in [1.29, 1.82) is 0 Å². The number of hydrazine groups is 1. The molecule has 0 saturated heterocycles. The maximum atomic E-state index is 10.9. The maximum Gasteiger partial charge on any atom is 0.299 e. The first-order chi connectivity index (χ1) is 8.38. The molecule has 3 N–H and O–H groups in total. The van der Waals surface area contributed by atoms with Gasteiger partial charge in [0, 0.05) is 13.1 Å². The number of nitro benzene ring substituents is 2. The highest BCUT2D eigenvalue weighted by Gasteiger charge is 2.23. The van der Waals surface area contributed by atoms with Crippen LogP contribution >= 0.6 is 12.2 Å². The molecule has 0 aliphatic heterocycles. The van der Waals surface area contributed by atoms with Crippen LogP contribution in [0.4, 0.5) is 17.1 Å². The minimum atomic E-state index is -0.724. The summed E-state index contributed by atoms with van der Waals surface area (Å²) >= 11 is 4.82. The van der Waals surface area contributed by atoms with Gasteiger partial charge in [-0.1, -0.05) is 0 Å². The van der Waals surface area contributed by atoms with Gasteiger partial charge in [-0.3, -0.25) is 20.2 Å². The van der Waals surface area contributed by atoms with Crippen LogP contribution in [0.15, 0.2) is 18.2 Å². The summed E-state index contributed by atoms with van der Waals surface area (Å²) < 4.78 is 0. The Labute approximate surface area is 106 Å². The van der Waals surface area contributed by atoms with Gasteiger partial charge in [0.1, 0.15) is 5.69 Å². The molecule has 0 radical (unpaired) electrons. The average molecular weight is 271 g/mol. The van der Waals surface area contributed by atoms with E-state index in [2.05, 4.69) is 5.43 Å². The third-order valence-electron chi connectivity index (χ3n) is 2.16. The number of hydrogen-bond donors (Lipinski definition) is 2. The van der Waals surface area contributed by atoms with Gasteiger partial charge in [-0.15, -0.1) is 0 Å². The quantitative estimate of drug-likeness (QED) is 0.355. The summed E-state index contributed by atoms with van der Waals surface area (Å²) in [5.41, 5.74) is 1.48. The van der Waals surface area contributed by atoms with E-state index in [0.717, 1.165) is 12.1 Å². The molecule has 1 aromatic rings. The minimum absolute atomic E-state index is 0.0481. The molecule has 0 saturated carbocycles. The van der Waals surface area contributed by atoms with E-state index >= 15 is 0 Å². The molecule has 18 heavy (non-hydrogen) atoms. The SMILES string of the molecule is CN(C(=S)NN)c1ccc([N+](=O)[O-])cc1[N+](=O)[O-]. The summed E-state index contributed by atoms with van der Waals surface area (Å²) in [5.74, 6) is 5.10. The lowest BCUT2D eigenvalue weighted by atomic mass is 10.2. The number of benzene rings is 1. The van der Waals surface area contributed by atoms with Gasteiger partial charge in [-0.2, -0.15) is 0 Å².